The molecular weight excluding hydrogens is 1100 g/mol. The van der Waals surface area contributed by atoms with Gasteiger partial charge in [-0.2, -0.15) is 4.98 Å². The molecule has 0 spiro atoms. The lowest BCUT2D eigenvalue weighted by Crippen LogP contribution is -2.36. The summed E-state index contributed by atoms with van der Waals surface area (Å²) in [5.41, 5.74) is 2.28. The van der Waals surface area contributed by atoms with Gasteiger partial charge in [0.05, 0.1) is 29.4 Å². The number of carbonyl (C=O) groups is 6. The summed E-state index contributed by atoms with van der Waals surface area (Å²) in [6.07, 6.45) is 3.69. The van der Waals surface area contributed by atoms with E-state index >= 15 is 0 Å². The van der Waals surface area contributed by atoms with Crippen molar-refractivity contribution in [3.63, 3.8) is 0 Å². The van der Waals surface area contributed by atoms with E-state index in [1.807, 2.05) is 156 Å². The van der Waals surface area contributed by atoms with Crippen LogP contribution in [-0.2, 0) is 18.9 Å². The number of aryl methyl sites for hydroxylation is 1. The van der Waals surface area contributed by atoms with Gasteiger partial charge in [-0.1, -0.05) is 86.2 Å². The Hall–Kier alpha value is -7.16. The molecule has 21 heteroatoms. The SMILES string of the molecule is C.CC(C)CNC(=O)c1cccnc1.CC(C)NC(=O)OC(C)(C)C.CC(C)NC(=O)OC(C)C.CC(C)NC(=O)OCCOC(C)(C)C.CC(C)NC(=O)c1ccccc1.CC(C)c1noc(C(C)C)n1.Cc1ccc(C(=O)NCC(C)C)cn1. The predicted molar refractivity (Wildman–Crippen MR) is 346 cm³/mol. The van der Waals surface area contributed by atoms with Gasteiger partial charge >= 0.3 is 18.3 Å². The monoisotopic (exact) mass is 1210 g/mol. The molecule has 0 fully saturated rings. The average molecular weight is 1210 g/mol. The van der Waals surface area contributed by atoms with Crippen molar-refractivity contribution in [2.24, 2.45) is 11.8 Å². The molecule has 6 amide bonds. The molecule has 4 aromatic rings. The minimum absolute atomic E-state index is 0. The van der Waals surface area contributed by atoms with E-state index in [1.54, 1.807) is 48.9 Å². The molecule has 21 nitrogen and oxygen atoms in total. The molecule has 0 aliphatic heterocycles. The van der Waals surface area contributed by atoms with Gasteiger partial charge in [-0.05, 0) is 166 Å². The third-order valence-corrected chi connectivity index (χ3v) is 9.18. The van der Waals surface area contributed by atoms with E-state index in [0.717, 1.165) is 17.4 Å². The average Bonchev–Trinajstić information content (AvgIpc) is 4.05. The molecule has 490 valence electrons. The zero-order valence-corrected chi connectivity index (χ0v) is 56.2. The fourth-order valence-electron chi connectivity index (χ4n) is 5.33. The molecule has 4 rings (SSSR count). The van der Waals surface area contributed by atoms with Crippen LogP contribution in [0.5, 0.6) is 0 Å². The van der Waals surface area contributed by atoms with E-state index < -0.39 is 11.7 Å². The zero-order chi connectivity index (χ0) is 66.0. The van der Waals surface area contributed by atoms with Gasteiger partial charge in [0.15, 0.2) is 5.82 Å². The molecule has 86 heavy (non-hydrogen) atoms. The minimum atomic E-state index is -0.404. The van der Waals surface area contributed by atoms with E-state index in [0.29, 0.717) is 60.1 Å². The molecular formula is C65H114N10O11. The number of nitrogens with one attached hydrogen (secondary N) is 6. The highest BCUT2D eigenvalue weighted by molar-refractivity contribution is 5.95. The van der Waals surface area contributed by atoms with Crippen molar-refractivity contribution in [1.29, 1.82) is 0 Å². The number of carbonyl (C=O) groups excluding carboxylic acids is 6. The molecule has 0 bridgehead atoms. The Bertz CT molecular complexity index is 2360. The van der Waals surface area contributed by atoms with Crippen molar-refractivity contribution in [2.45, 2.75) is 234 Å². The summed E-state index contributed by atoms with van der Waals surface area (Å²) in [4.78, 5) is 79.1. The van der Waals surface area contributed by atoms with Crippen LogP contribution in [0, 0.1) is 18.8 Å². The highest BCUT2D eigenvalue weighted by Crippen LogP contribution is 2.15. The Morgan fingerprint density at radius 2 is 1.00 bits per heavy atom. The Labute approximate surface area is 517 Å². The van der Waals surface area contributed by atoms with Crippen LogP contribution in [0.25, 0.3) is 0 Å². The summed E-state index contributed by atoms with van der Waals surface area (Å²) in [6, 6.07) is 16.9. The van der Waals surface area contributed by atoms with Crippen molar-refractivity contribution in [1.82, 2.24) is 52.0 Å². The fourth-order valence-corrected chi connectivity index (χ4v) is 5.33. The lowest BCUT2D eigenvalue weighted by atomic mass is 10.2. The van der Waals surface area contributed by atoms with Crippen LogP contribution in [0.4, 0.5) is 14.4 Å². The van der Waals surface area contributed by atoms with Gasteiger partial charge in [0.2, 0.25) is 5.89 Å². The standard InChI is InChI=1S/C11H16N2O.C10H14N2O.C10H21NO3.C10H13NO.C8H14N2O.C8H17NO2.C7H15NO2.CH4/c1-8(2)6-13-11(14)10-5-4-9(3)12-7-10;1-8(2)6-12-10(13)9-4-3-5-11-7-9;1-8(2)11-9(12)13-6-7-14-10(3,4)5;1-8(2)11-10(12)9-6-4-3-5-7-9;1-5(2)7-9-8(6(3)4)11-10-7;1-6(2)9-7(10)11-8(3,4)5;1-5(2)8-7(9)10-6(3)4;/h4-5,7-8H,6H2,1-3H3,(H,13,14);3-5,7-8H,6H2,1-2H3,(H,12,13);8H,6-7H2,1-5H3,(H,11,12);3-8H,1-2H3,(H,11,12);5-6H,1-4H3;6H,1-5H3,(H,9,10);5-6H,1-4H3,(H,8,9);1H4. The Morgan fingerprint density at radius 1 is 0.523 bits per heavy atom. The molecule has 0 saturated heterocycles. The number of ether oxygens (including phenoxy) is 4. The van der Waals surface area contributed by atoms with Crippen molar-refractivity contribution in [3.8, 4) is 0 Å². The summed E-state index contributed by atoms with van der Waals surface area (Å²) in [6.45, 7) is 50.7. The zero-order valence-electron chi connectivity index (χ0n) is 56.2. The minimum Gasteiger partial charge on any atom is -0.447 e. The molecule has 0 aliphatic carbocycles. The third kappa shape index (κ3) is 53.6. The second-order valence-corrected chi connectivity index (χ2v) is 24.4. The first-order valence-corrected chi connectivity index (χ1v) is 29.4. The van der Waals surface area contributed by atoms with E-state index in [1.165, 1.54) is 0 Å². The highest BCUT2D eigenvalue weighted by Gasteiger charge is 2.17. The Morgan fingerprint density at radius 3 is 1.37 bits per heavy atom. The molecule has 6 N–H and O–H groups in total. The lowest BCUT2D eigenvalue weighted by molar-refractivity contribution is -0.0232. The molecule has 0 radical (unpaired) electrons. The van der Waals surface area contributed by atoms with Crippen LogP contribution in [0.1, 0.15) is 234 Å². The molecule has 0 saturated carbocycles. The number of rotatable bonds is 17. The Balaban J connectivity index is -0.000000457. The van der Waals surface area contributed by atoms with E-state index in [-0.39, 0.29) is 79.8 Å². The number of nitrogens with zero attached hydrogens (tertiary/aromatic N) is 4. The lowest BCUT2D eigenvalue weighted by Gasteiger charge is -2.20. The second-order valence-electron chi connectivity index (χ2n) is 24.4. The van der Waals surface area contributed by atoms with Gasteiger partial charge in [0.25, 0.3) is 17.7 Å². The predicted octanol–water partition coefficient (Wildman–Crippen LogP) is 13.4. The molecule has 0 unspecified atom stereocenters. The summed E-state index contributed by atoms with van der Waals surface area (Å²) >= 11 is 0. The number of aromatic nitrogens is 4. The normalized spacial score (nSPS) is 10.6. The van der Waals surface area contributed by atoms with Gasteiger partial charge < -0.3 is 55.4 Å². The van der Waals surface area contributed by atoms with Crippen LogP contribution in [0.2, 0.25) is 0 Å². The number of benzene rings is 1. The molecule has 3 aromatic heterocycles. The van der Waals surface area contributed by atoms with Crippen LogP contribution >= 0.6 is 0 Å². The maximum atomic E-state index is 11.5. The number of amides is 6. The first-order valence-electron chi connectivity index (χ1n) is 29.4. The summed E-state index contributed by atoms with van der Waals surface area (Å²) in [7, 11) is 0. The van der Waals surface area contributed by atoms with E-state index in [9.17, 15) is 28.8 Å². The smallest absolute Gasteiger partial charge is 0.407 e. The quantitative estimate of drug-likeness (QED) is 0.0423. The number of pyridine rings is 2. The van der Waals surface area contributed by atoms with Gasteiger partial charge in [0, 0.05) is 78.9 Å². The van der Waals surface area contributed by atoms with Gasteiger partial charge in [-0.25, -0.2) is 14.4 Å². The maximum absolute atomic E-state index is 11.5. The number of alkyl carbamates (subject to hydrolysis) is 3. The molecule has 1 aromatic carbocycles. The summed E-state index contributed by atoms with van der Waals surface area (Å²) < 4.78 is 25.1. The maximum Gasteiger partial charge on any atom is 0.407 e. The molecule has 3 heterocycles. The summed E-state index contributed by atoms with van der Waals surface area (Å²) in [5, 5.41) is 20.2. The second kappa shape index (κ2) is 47.0. The first-order chi connectivity index (χ1) is 39.2. The largest absolute Gasteiger partial charge is 0.447 e. The van der Waals surface area contributed by atoms with Crippen LogP contribution < -0.4 is 31.9 Å². The highest BCUT2D eigenvalue weighted by atomic mass is 16.6. The van der Waals surface area contributed by atoms with Crippen molar-refractivity contribution in [2.75, 3.05) is 26.3 Å². The molecule has 0 aliphatic rings. The fraction of sp³-hybridized carbons (Fsp3) is 0.631. The van der Waals surface area contributed by atoms with Crippen molar-refractivity contribution >= 4 is 36.0 Å². The number of hydrogen-bond acceptors (Lipinski definition) is 15. The topological polar surface area (TPSA) is 276 Å². The van der Waals surface area contributed by atoms with Gasteiger partial charge in [-0.3, -0.25) is 24.4 Å². The van der Waals surface area contributed by atoms with Crippen LogP contribution in [0.3, 0.4) is 0 Å². The van der Waals surface area contributed by atoms with Crippen molar-refractivity contribution in [3.05, 3.63) is 107 Å². The van der Waals surface area contributed by atoms with Gasteiger partial charge in [0.1, 0.15) is 12.2 Å². The van der Waals surface area contributed by atoms with Crippen LogP contribution in [-0.4, -0.2) is 124 Å². The first kappa shape index (κ1) is 85.3. The van der Waals surface area contributed by atoms with Crippen molar-refractivity contribution < 1.29 is 52.2 Å². The van der Waals surface area contributed by atoms with Crippen LogP contribution in [0.15, 0.2) is 77.7 Å². The third-order valence-electron chi connectivity index (χ3n) is 9.18. The van der Waals surface area contributed by atoms with E-state index in [4.69, 9.17) is 23.5 Å². The number of hydrogen-bond donors (Lipinski definition) is 6. The Kier molecular flexibility index (Phi) is 46.7. The summed E-state index contributed by atoms with van der Waals surface area (Å²) in [5.74, 6) is 3.04. The van der Waals surface area contributed by atoms with E-state index in [2.05, 4.69) is 93.6 Å². The molecule has 0 atom stereocenters. The van der Waals surface area contributed by atoms with Gasteiger partial charge in [-0.15, -0.1) is 0 Å².